The first-order valence-corrected chi connectivity index (χ1v) is 11.6. The Morgan fingerprint density at radius 3 is 2.58 bits per heavy atom. The quantitative estimate of drug-likeness (QED) is 0.531. The lowest BCUT2D eigenvalue weighted by atomic mass is 10.1. The monoisotopic (exact) mass is 473 g/mol. The molecule has 1 fully saturated rings. The number of ether oxygens (including phenoxy) is 1. The van der Waals surface area contributed by atoms with Crippen molar-refractivity contribution in [1.29, 1.82) is 0 Å². The molecule has 0 bridgehead atoms. The lowest BCUT2D eigenvalue weighted by Gasteiger charge is -2.36. The minimum atomic E-state index is -0.962. The van der Waals surface area contributed by atoms with Gasteiger partial charge in [0.05, 0.1) is 12.2 Å². The van der Waals surface area contributed by atoms with Gasteiger partial charge in [0.2, 0.25) is 0 Å². The van der Waals surface area contributed by atoms with E-state index in [1.165, 1.54) is 18.7 Å². The molecular formula is C25H32ClN3O4. The van der Waals surface area contributed by atoms with Crippen LogP contribution in [0.5, 0.6) is 5.75 Å². The zero-order chi connectivity index (χ0) is 23.6. The number of fused-ring (bicyclic) bond motifs is 1. The maximum absolute atomic E-state index is 10.7. The van der Waals surface area contributed by atoms with E-state index < -0.39 is 5.97 Å². The van der Waals surface area contributed by atoms with Crippen molar-refractivity contribution in [1.82, 2.24) is 4.90 Å². The molecule has 0 spiro atoms. The molecular weight excluding hydrogens is 442 g/mol. The van der Waals surface area contributed by atoms with Crippen LogP contribution in [-0.2, 0) is 11.4 Å². The molecule has 2 aliphatic heterocycles. The first-order chi connectivity index (χ1) is 16.0. The molecule has 0 atom stereocenters. The zero-order valence-corrected chi connectivity index (χ0v) is 19.5. The van der Waals surface area contributed by atoms with E-state index in [4.69, 9.17) is 27.2 Å². The summed E-state index contributed by atoms with van der Waals surface area (Å²) in [6.07, 6.45) is 3.91. The van der Waals surface area contributed by atoms with Crippen molar-refractivity contribution in [2.24, 2.45) is 5.73 Å². The van der Waals surface area contributed by atoms with Gasteiger partial charge >= 0.3 is 5.97 Å². The minimum absolute atomic E-state index is 0.101. The van der Waals surface area contributed by atoms with Gasteiger partial charge < -0.3 is 25.6 Å². The summed E-state index contributed by atoms with van der Waals surface area (Å²) < 4.78 is 5.24. The molecule has 2 aromatic carbocycles. The standard InChI is InChI=1S/C15H25N3O.C10H7ClO3/c16-6-1-2-7-17-8-10-18(11-9-17)15-5-3-4-14(12-15)13-19;11-8-1-2-9-6(4-8)3-7(5-14-9)10(12)13/h3-5,12,19H,1-2,6-11,13,16H2;1-4H,5H2,(H,12,13). The second-order valence-electron chi connectivity index (χ2n) is 8.10. The number of rotatable bonds is 7. The molecule has 0 radical (unpaired) electrons. The molecule has 0 saturated carbocycles. The van der Waals surface area contributed by atoms with Crippen molar-refractivity contribution >= 4 is 29.3 Å². The number of halogens is 1. The molecule has 8 heteroatoms. The van der Waals surface area contributed by atoms with Crippen molar-refractivity contribution in [3.05, 3.63) is 64.2 Å². The number of aliphatic hydroxyl groups is 1. The summed E-state index contributed by atoms with van der Waals surface area (Å²) in [6.45, 7) is 6.56. The fourth-order valence-corrected chi connectivity index (χ4v) is 4.01. The molecule has 0 unspecified atom stereocenters. The minimum Gasteiger partial charge on any atom is -0.488 e. The average Bonchev–Trinajstić information content (AvgIpc) is 2.84. The van der Waals surface area contributed by atoms with Crippen LogP contribution >= 0.6 is 11.6 Å². The highest BCUT2D eigenvalue weighted by Crippen LogP contribution is 2.28. The number of carboxylic acid groups (broad SMARTS) is 1. The summed E-state index contributed by atoms with van der Waals surface area (Å²) in [5, 5.41) is 18.5. The van der Waals surface area contributed by atoms with Gasteiger partial charge in [-0.1, -0.05) is 23.7 Å². The summed E-state index contributed by atoms with van der Waals surface area (Å²) in [6, 6.07) is 13.3. The summed E-state index contributed by atoms with van der Waals surface area (Å²) in [5.41, 5.74) is 8.69. The second kappa shape index (κ2) is 12.6. The number of aliphatic hydroxyl groups excluding tert-OH is 1. The predicted octanol–water partition coefficient (Wildman–Crippen LogP) is 3.24. The molecule has 0 amide bonds. The topological polar surface area (TPSA) is 99.3 Å². The normalized spacial score (nSPS) is 15.6. The third-order valence-corrected chi connectivity index (χ3v) is 5.95. The number of unbranched alkanes of at least 4 members (excludes halogenated alkanes) is 1. The molecule has 2 aromatic rings. The Balaban J connectivity index is 0.000000194. The van der Waals surface area contributed by atoms with Gasteiger partial charge in [-0.05, 0) is 67.9 Å². The first-order valence-electron chi connectivity index (χ1n) is 11.2. The number of hydrogen-bond acceptors (Lipinski definition) is 6. The predicted molar refractivity (Wildman–Crippen MR) is 132 cm³/mol. The molecule has 33 heavy (non-hydrogen) atoms. The van der Waals surface area contributed by atoms with Crippen molar-refractivity contribution < 1.29 is 19.7 Å². The number of benzene rings is 2. The Hall–Kier alpha value is -2.58. The van der Waals surface area contributed by atoms with Crippen LogP contribution < -0.4 is 15.4 Å². The van der Waals surface area contributed by atoms with E-state index in [0.29, 0.717) is 16.3 Å². The number of nitrogens with two attached hydrogens (primary N) is 1. The van der Waals surface area contributed by atoms with Gasteiger partial charge in [-0.3, -0.25) is 4.90 Å². The van der Waals surface area contributed by atoms with Crippen LogP contribution in [0.3, 0.4) is 0 Å². The number of carboxylic acids is 1. The Labute approximate surface area is 200 Å². The van der Waals surface area contributed by atoms with Crippen LogP contribution in [0, 0.1) is 0 Å². The van der Waals surface area contributed by atoms with Gasteiger partial charge in [-0.15, -0.1) is 0 Å². The van der Waals surface area contributed by atoms with Crippen LogP contribution in [-0.4, -0.2) is 67.0 Å². The van der Waals surface area contributed by atoms with E-state index in [2.05, 4.69) is 21.9 Å². The van der Waals surface area contributed by atoms with Crippen molar-refractivity contribution in [3.8, 4) is 5.75 Å². The van der Waals surface area contributed by atoms with Crippen LogP contribution in [0.4, 0.5) is 5.69 Å². The molecule has 7 nitrogen and oxygen atoms in total. The molecule has 178 valence electrons. The Morgan fingerprint density at radius 1 is 1.09 bits per heavy atom. The maximum atomic E-state index is 10.7. The Morgan fingerprint density at radius 2 is 1.88 bits per heavy atom. The van der Waals surface area contributed by atoms with Crippen LogP contribution in [0.15, 0.2) is 48.0 Å². The van der Waals surface area contributed by atoms with Gasteiger partial charge in [0.1, 0.15) is 12.4 Å². The Kier molecular flexibility index (Phi) is 9.57. The van der Waals surface area contributed by atoms with Crippen molar-refractivity contribution in [2.75, 3.05) is 50.8 Å². The summed E-state index contributed by atoms with van der Waals surface area (Å²) in [4.78, 5) is 15.6. The average molecular weight is 474 g/mol. The van der Waals surface area contributed by atoms with E-state index in [1.807, 2.05) is 12.1 Å². The molecule has 0 aliphatic carbocycles. The lowest BCUT2D eigenvalue weighted by Crippen LogP contribution is -2.46. The maximum Gasteiger partial charge on any atom is 0.335 e. The van der Waals surface area contributed by atoms with Crippen molar-refractivity contribution in [3.63, 3.8) is 0 Å². The molecule has 1 saturated heterocycles. The molecule has 0 aromatic heterocycles. The third-order valence-electron chi connectivity index (χ3n) is 5.72. The third kappa shape index (κ3) is 7.47. The van der Waals surface area contributed by atoms with Crippen LogP contribution in [0.1, 0.15) is 24.0 Å². The lowest BCUT2D eigenvalue weighted by molar-refractivity contribution is -0.132. The van der Waals surface area contributed by atoms with Crippen molar-refractivity contribution in [2.45, 2.75) is 19.4 Å². The smallest absolute Gasteiger partial charge is 0.335 e. The highest BCUT2D eigenvalue weighted by molar-refractivity contribution is 6.30. The molecule has 2 heterocycles. The SMILES string of the molecule is NCCCCN1CCN(c2cccc(CO)c2)CC1.O=C(O)C1=Cc2cc(Cl)ccc2OC1. The fraction of sp³-hybridized carbons (Fsp3) is 0.400. The summed E-state index contributed by atoms with van der Waals surface area (Å²) in [7, 11) is 0. The van der Waals surface area contributed by atoms with Gasteiger partial charge in [0.15, 0.2) is 0 Å². The Bertz CT molecular complexity index is 958. The van der Waals surface area contributed by atoms with Gasteiger partial charge in [-0.25, -0.2) is 4.79 Å². The zero-order valence-electron chi connectivity index (χ0n) is 18.8. The van der Waals surface area contributed by atoms with E-state index in [0.717, 1.165) is 44.7 Å². The number of piperazine rings is 1. The summed E-state index contributed by atoms with van der Waals surface area (Å²) in [5.74, 6) is -0.296. The first kappa shape index (κ1) is 25.1. The summed E-state index contributed by atoms with van der Waals surface area (Å²) >= 11 is 5.77. The number of carbonyl (C=O) groups is 1. The molecule has 4 rings (SSSR count). The van der Waals surface area contributed by atoms with E-state index in [9.17, 15) is 9.90 Å². The fourth-order valence-electron chi connectivity index (χ4n) is 3.83. The molecule has 4 N–H and O–H groups in total. The highest BCUT2D eigenvalue weighted by atomic mass is 35.5. The number of nitrogens with zero attached hydrogens (tertiary/aromatic N) is 2. The van der Waals surface area contributed by atoms with Crippen LogP contribution in [0.25, 0.3) is 6.08 Å². The number of hydrogen-bond donors (Lipinski definition) is 3. The second-order valence-corrected chi connectivity index (χ2v) is 8.53. The van der Waals surface area contributed by atoms with Gasteiger partial charge in [-0.2, -0.15) is 0 Å². The van der Waals surface area contributed by atoms with Crippen LogP contribution in [0.2, 0.25) is 5.02 Å². The van der Waals surface area contributed by atoms with E-state index in [1.54, 1.807) is 24.3 Å². The van der Waals surface area contributed by atoms with Gasteiger partial charge in [0.25, 0.3) is 0 Å². The van der Waals surface area contributed by atoms with E-state index in [-0.39, 0.29) is 18.8 Å². The van der Waals surface area contributed by atoms with Gasteiger partial charge in [0, 0.05) is 42.5 Å². The highest BCUT2D eigenvalue weighted by Gasteiger charge is 2.17. The number of anilines is 1. The number of aliphatic carboxylic acids is 1. The largest absolute Gasteiger partial charge is 0.488 e. The van der Waals surface area contributed by atoms with E-state index >= 15 is 0 Å². The molecule has 2 aliphatic rings.